The molecule has 2 heteroatoms. The number of anilines is 1. The van der Waals surface area contributed by atoms with Crippen molar-refractivity contribution in [3.05, 3.63) is 23.3 Å². The van der Waals surface area contributed by atoms with Crippen LogP contribution in [0.5, 0.6) is 5.75 Å². The van der Waals surface area contributed by atoms with E-state index in [0.717, 1.165) is 23.4 Å². The molecule has 1 aromatic carbocycles. The van der Waals surface area contributed by atoms with Crippen molar-refractivity contribution in [3.63, 3.8) is 0 Å². The highest BCUT2D eigenvalue weighted by molar-refractivity contribution is 5.63. The van der Waals surface area contributed by atoms with E-state index < -0.39 is 0 Å². The van der Waals surface area contributed by atoms with Crippen molar-refractivity contribution in [1.29, 1.82) is 0 Å². The average molecular weight is 177 g/mol. The second kappa shape index (κ2) is 2.41. The van der Waals surface area contributed by atoms with E-state index in [0.29, 0.717) is 0 Å². The van der Waals surface area contributed by atoms with Gasteiger partial charge in [-0.15, -0.1) is 0 Å². The van der Waals surface area contributed by atoms with Crippen LogP contribution in [0.4, 0.5) is 5.69 Å². The van der Waals surface area contributed by atoms with Crippen molar-refractivity contribution in [2.24, 2.45) is 0 Å². The Balaban J connectivity index is 2.53. The zero-order chi connectivity index (χ0) is 9.64. The number of fused-ring (bicyclic) bond motifs is 1. The Morgan fingerprint density at radius 2 is 2.08 bits per heavy atom. The van der Waals surface area contributed by atoms with Crippen LogP contribution in [-0.4, -0.2) is 5.60 Å². The molecule has 70 valence electrons. The summed E-state index contributed by atoms with van der Waals surface area (Å²) >= 11 is 0. The summed E-state index contributed by atoms with van der Waals surface area (Å²) in [7, 11) is 0. The molecule has 2 N–H and O–H groups in total. The number of hydrogen-bond acceptors (Lipinski definition) is 2. The van der Waals surface area contributed by atoms with E-state index >= 15 is 0 Å². The molecule has 0 fully saturated rings. The first kappa shape index (κ1) is 8.42. The third-order valence-corrected chi connectivity index (χ3v) is 2.49. The molecule has 1 aliphatic heterocycles. The topological polar surface area (TPSA) is 35.2 Å². The minimum absolute atomic E-state index is 0.0930. The molecule has 0 aromatic heterocycles. The first-order chi connectivity index (χ1) is 5.99. The number of aryl methyl sites for hydroxylation is 1. The fourth-order valence-electron chi connectivity index (χ4n) is 1.77. The molecule has 0 bridgehead atoms. The van der Waals surface area contributed by atoms with Crippen molar-refractivity contribution in [2.45, 2.75) is 32.8 Å². The Labute approximate surface area is 78.7 Å². The highest BCUT2D eigenvalue weighted by atomic mass is 16.5. The Kier molecular flexibility index (Phi) is 1.56. The number of benzene rings is 1. The number of nitrogens with two attached hydrogens (primary N) is 1. The SMILES string of the molecule is Cc1ccc2c(c1N)OC(C)(C)C2. The van der Waals surface area contributed by atoms with Crippen LogP contribution in [0, 0.1) is 6.92 Å². The highest BCUT2D eigenvalue weighted by Crippen LogP contribution is 2.40. The fourth-order valence-corrected chi connectivity index (χ4v) is 1.77. The van der Waals surface area contributed by atoms with Crippen LogP contribution in [-0.2, 0) is 6.42 Å². The second-order valence-electron chi connectivity index (χ2n) is 4.32. The number of ether oxygens (including phenoxy) is 1. The lowest BCUT2D eigenvalue weighted by Gasteiger charge is -2.17. The molecule has 13 heavy (non-hydrogen) atoms. The quantitative estimate of drug-likeness (QED) is 0.617. The van der Waals surface area contributed by atoms with Crippen molar-refractivity contribution in [3.8, 4) is 5.75 Å². The zero-order valence-corrected chi connectivity index (χ0v) is 8.35. The highest BCUT2D eigenvalue weighted by Gasteiger charge is 2.31. The van der Waals surface area contributed by atoms with Crippen molar-refractivity contribution >= 4 is 5.69 Å². The molecule has 1 heterocycles. The van der Waals surface area contributed by atoms with Gasteiger partial charge in [0.15, 0.2) is 0 Å². The third-order valence-electron chi connectivity index (χ3n) is 2.49. The Hall–Kier alpha value is -1.18. The van der Waals surface area contributed by atoms with Crippen LogP contribution >= 0.6 is 0 Å². The van der Waals surface area contributed by atoms with Crippen LogP contribution < -0.4 is 10.5 Å². The largest absolute Gasteiger partial charge is 0.485 e. The van der Waals surface area contributed by atoms with Crippen molar-refractivity contribution in [1.82, 2.24) is 0 Å². The van der Waals surface area contributed by atoms with Crippen LogP contribution in [0.25, 0.3) is 0 Å². The van der Waals surface area contributed by atoms with E-state index in [-0.39, 0.29) is 5.60 Å². The summed E-state index contributed by atoms with van der Waals surface area (Å²) in [5.74, 6) is 0.894. The summed E-state index contributed by atoms with van der Waals surface area (Å²) < 4.78 is 5.78. The monoisotopic (exact) mass is 177 g/mol. The minimum atomic E-state index is -0.0930. The summed E-state index contributed by atoms with van der Waals surface area (Å²) in [5.41, 5.74) is 8.96. The molecule has 1 aliphatic rings. The van der Waals surface area contributed by atoms with Crippen LogP contribution in [0.3, 0.4) is 0 Å². The lowest BCUT2D eigenvalue weighted by atomic mass is 10.0. The molecule has 0 saturated carbocycles. The van der Waals surface area contributed by atoms with Gasteiger partial charge in [-0.1, -0.05) is 12.1 Å². The molecule has 0 aliphatic carbocycles. The lowest BCUT2D eigenvalue weighted by Crippen LogP contribution is -2.24. The van der Waals surface area contributed by atoms with E-state index in [1.54, 1.807) is 0 Å². The summed E-state index contributed by atoms with van der Waals surface area (Å²) in [6.07, 6.45) is 0.951. The predicted octanol–water partition coefficient (Wildman–Crippen LogP) is 2.29. The van der Waals surface area contributed by atoms with Gasteiger partial charge in [0, 0.05) is 12.0 Å². The van der Waals surface area contributed by atoms with Gasteiger partial charge >= 0.3 is 0 Å². The molecule has 2 nitrogen and oxygen atoms in total. The maximum absolute atomic E-state index is 5.93. The van der Waals surface area contributed by atoms with Crippen LogP contribution in [0.2, 0.25) is 0 Å². The molecular formula is C11H15NO. The molecule has 0 amide bonds. The van der Waals surface area contributed by atoms with Gasteiger partial charge in [0.2, 0.25) is 0 Å². The van der Waals surface area contributed by atoms with Gasteiger partial charge < -0.3 is 10.5 Å². The zero-order valence-electron chi connectivity index (χ0n) is 8.35. The summed E-state index contributed by atoms with van der Waals surface area (Å²) in [6, 6.07) is 4.16. The Morgan fingerprint density at radius 3 is 2.77 bits per heavy atom. The van der Waals surface area contributed by atoms with E-state index in [4.69, 9.17) is 10.5 Å². The van der Waals surface area contributed by atoms with Gasteiger partial charge in [-0.2, -0.15) is 0 Å². The minimum Gasteiger partial charge on any atom is -0.485 e. The normalized spacial score (nSPS) is 18.1. The lowest BCUT2D eigenvalue weighted by molar-refractivity contribution is 0.139. The Morgan fingerprint density at radius 1 is 1.38 bits per heavy atom. The standard InChI is InChI=1S/C11H15NO/c1-7-4-5-8-6-11(2,3)13-10(8)9(7)12/h4-5H,6,12H2,1-3H3. The number of rotatable bonds is 0. The molecule has 0 unspecified atom stereocenters. The molecule has 0 spiro atoms. The van der Waals surface area contributed by atoms with Gasteiger partial charge in [0.05, 0.1) is 5.69 Å². The number of nitrogen functional groups attached to an aromatic ring is 1. The first-order valence-electron chi connectivity index (χ1n) is 4.56. The van der Waals surface area contributed by atoms with Crippen LogP contribution in [0.15, 0.2) is 12.1 Å². The summed E-state index contributed by atoms with van der Waals surface area (Å²) in [4.78, 5) is 0. The molecular weight excluding hydrogens is 162 g/mol. The molecule has 0 saturated heterocycles. The van der Waals surface area contributed by atoms with E-state index in [9.17, 15) is 0 Å². The maximum Gasteiger partial charge on any atom is 0.146 e. The van der Waals surface area contributed by atoms with Gasteiger partial charge in [-0.3, -0.25) is 0 Å². The predicted molar refractivity (Wildman–Crippen MR) is 54.0 cm³/mol. The summed E-state index contributed by atoms with van der Waals surface area (Å²) in [6.45, 7) is 6.17. The molecule has 1 aromatic rings. The number of hydrogen-bond donors (Lipinski definition) is 1. The van der Waals surface area contributed by atoms with E-state index in [1.165, 1.54) is 5.56 Å². The van der Waals surface area contributed by atoms with Gasteiger partial charge in [0.1, 0.15) is 11.4 Å². The fraction of sp³-hybridized carbons (Fsp3) is 0.455. The second-order valence-corrected chi connectivity index (χ2v) is 4.32. The average Bonchev–Trinajstić information content (AvgIpc) is 2.34. The first-order valence-corrected chi connectivity index (χ1v) is 4.56. The van der Waals surface area contributed by atoms with E-state index in [2.05, 4.69) is 26.0 Å². The van der Waals surface area contributed by atoms with Crippen molar-refractivity contribution < 1.29 is 4.74 Å². The van der Waals surface area contributed by atoms with Crippen molar-refractivity contribution in [2.75, 3.05) is 5.73 Å². The van der Waals surface area contributed by atoms with E-state index in [1.807, 2.05) is 6.92 Å². The summed E-state index contributed by atoms with van der Waals surface area (Å²) in [5, 5.41) is 0. The van der Waals surface area contributed by atoms with Gasteiger partial charge in [-0.05, 0) is 26.3 Å². The van der Waals surface area contributed by atoms with Gasteiger partial charge in [0.25, 0.3) is 0 Å². The third kappa shape index (κ3) is 1.26. The maximum atomic E-state index is 5.93. The van der Waals surface area contributed by atoms with Gasteiger partial charge in [-0.25, -0.2) is 0 Å². The molecule has 0 radical (unpaired) electrons. The smallest absolute Gasteiger partial charge is 0.146 e. The van der Waals surface area contributed by atoms with Crippen LogP contribution in [0.1, 0.15) is 25.0 Å². The molecule has 2 rings (SSSR count). The molecule has 0 atom stereocenters. The Bertz CT molecular complexity index is 355.